The van der Waals surface area contributed by atoms with Crippen molar-refractivity contribution in [2.45, 2.75) is 39.7 Å². The van der Waals surface area contributed by atoms with Gasteiger partial charge in [0, 0.05) is 12.6 Å². The highest BCUT2D eigenvalue weighted by Crippen LogP contribution is 1.99. The zero-order chi connectivity index (χ0) is 12.4. The van der Waals surface area contributed by atoms with Gasteiger partial charge in [0.15, 0.2) is 0 Å². The van der Waals surface area contributed by atoms with Gasteiger partial charge in [0.25, 0.3) is 0 Å². The monoisotopic (exact) mass is 229 g/mol. The van der Waals surface area contributed by atoms with Crippen LogP contribution < -0.4 is 5.32 Å². The molecule has 0 aliphatic heterocycles. The van der Waals surface area contributed by atoms with Crippen molar-refractivity contribution in [3.05, 3.63) is 0 Å². The number of hydrogen-bond acceptors (Lipinski definition) is 3. The maximum absolute atomic E-state index is 3.50. The van der Waals surface area contributed by atoms with Crippen LogP contribution in [0.4, 0.5) is 0 Å². The summed E-state index contributed by atoms with van der Waals surface area (Å²) in [4.78, 5) is 4.82. The molecule has 1 atom stereocenters. The van der Waals surface area contributed by atoms with Crippen LogP contribution in [0.2, 0.25) is 0 Å². The van der Waals surface area contributed by atoms with E-state index in [0.29, 0.717) is 6.04 Å². The van der Waals surface area contributed by atoms with Gasteiger partial charge in [-0.05, 0) is 60.0 Å². The first-order chi connectivity index (χ1) is 7.61. The lowest BCUT2D eigenvalue weighted by Gasteiger charge is -2.28. The molecule has 0 saturated carbocycles. The predicted octanol–water partition coefficient (Wildman–Crippen LogP) is 1.65. The summed E-state index contributed by atoms with van der Waals surface area (Å²) < 4.78 is 0. The van der Waals surface area contributed by atoms with Gasteiger partial charge in [-0.25, -0.2) is 0 Å². The molecule has 0 aromatic carbocycles. The van der Waals surface area contributed by atoms with Crippen molar-refractivity contribution in [3.8, 4) is 0 Å². The zero-order valence-electron chi connectivity index (χ0n) is 11.9. The largest absolute Gasteiger partial charge is 0.315 e. The predicted molar refractivity (Wildman–Crippen MR) is 73.0 cm³/mol. The molecule has 1 N–H and O–H groups in total. The Morgan fingerprint density at radius 3 is 2.31 bits per heavy atom. The number of rotatable bonds is 10. The van der Waals surface area contributed by atoms with Gasteiger partial charge in [-0.3, -0.25) is 4.90 Å². The van der Waals surface area contributed by atoms with Crippen molar-refractivity contribution in [3.63, 3.8) is 0 Å². The highest BCUT2D eigenvalue weighted by atomic mass is 15.2. The molecular formula is C13H31N3. The van der Waals surface area contributed by atoms with Gasteiger partial charge in [0.1, 0.15) is 0 Å². The topological polar surface area (TPSA) is 18.5 Å². The van der Waals surface area contributed by atoms with Crippen LogP contribution in [-0.4, -0.2) is 62.7 Å². The number of hydrogen-bond donors (Lipinski definition) is 1. The van der Waals surface area contributed by atoms with E-state index in [0.717, 1.165) is 19.6 Å². The van der Waals surface area contributed by atoms with E-state index in [1.54, 1.807) is 0 Å². The van der Waals surface area contributed by atoms with Crippen LogP contribution in [-0.2, 0) is 0 Å². The van der Waals surface area contributed by atoms with E-state index in [1.165, 1.54) is 25.9 Å². The lowest BCUT2D eigenvalue weighted by Crippen LogP contribution is -2.41. The molecular weight excluding hydrogens is 198 g/mol. The molecule has 0 spiro atoms. The number of likely N-dealkylation sites (N-methyl/N-ethyl adjacent to an activating group) is 1. The van der Waals surface area contributed by atoms with E-state index in [-0.39, 0.29) is 0 Å². The Hall–Kier alpha value is -0.120. The summed E-state index contributed by atoms with van der Waals surface area (Å²) in [6, 6.07) is 0.652. The molecule has 0 amide bonds. The molecule has 0 bridgehead atoms. The van der Waals surface area contributed by atoms with Crippen molar-refractivity contribution in [1.82, 2.24) is 15.1 Å². The summed E-state index contributed by atoms with van der Waals surface area (Å²) in [5.74, 6) is 0. The van der Waals surface area contributed by atoms with Crippen molar-refractivity contribution >= 4 is 0 Å². The molecule has 0 radical (unpaired) electrons. The lowest BCUT2D eigenvalue weighted by atomic mass is 10.2. The van der Waals surface area contributed by atoms with Crippen LogP contribution in [0.25, 0.3) is 0 Å². The fourth-order valence-corrected chi connectivity index (χ4v) is 1.90. The summed E-state index contributed by atoms with van der Waals surface area (Å²) in [7, 11) is 4.28. The molecule has 0 aliphatic rings. The van der Waals surface area contributed by atoms with Crippen LogP contribution in [0.5, 0.6) is 0 Å². The maximum atomic E-state index is 3.50. The molecule has 98 valence electrons. The SMILES string of the molecule is CCCNCC(C)N(CC)CCCN(C)C. The third-order valence-electron chi connectivity index (χ3n) is 2.95. The standard InChI is InChI=1S/C13H31N3/c1-6-9-14-12-13(3)16(7-2)11-8-10-15(4)5/h13-14H,6-12H2,1-5H3. The zero-order valence-corrected chi connectivity index (χ0v) is 11.9. The van der Waals surface area contributed by atoms with Crippen LogP contribution in [0, 0.1) is 0 Å². The molecule has 0 heterocycles. The summed E-state index contributed by atoms with van der Waals surface area (Å²) in [5, 5.41) is 3.50. The Morgan fingerprint density at radius 2 is 1.81 bits per heavy atom. The second-order valence-electron chi connectivity index (χ2n) is 4.84. The smallest absolute Gasteiger partial charge is 0.0192 e. The normalized spacial score (nSPS) is 13.7. The van der Waals surface area contributed by atoms with E-state index < -0.39 is 0 Å². The van der Waals surface area contributed by atoms with E-state index in [4.69, 9.17) is 0 Å². The Labute approximate surface area is 102 Å². The fraction of sp³-hybridized carbons (Fsp3) is 1.00. The summed E-state index contributed by atoms with van der Waals surface area (Å²) >= 11 is 0. The average Bonchev–Trinajstić information content (AvgIpc) is 2.24. The molecule has 0 aliphatic carbocycles. The second kappa shape index (κ2) is 10.1. The lowest BCUT2D eigenvalue weighted by molar-refractivity contribution is 0.204. The minimum Gasteiger partial charge on any atom is -0.315 e. The molecule has 0 saturated heterocycles. The Kier molecular flexibility index (Phi) is 9.99. The summed E-state index contributed by atoms with van der Waals surface area (Å²) in [6.07, 6.45) is 2.48. The van der Waals surface area contributed by atoms with E-state index >= 15 is 0 Å². The first-order valence-electron chi connectivity index (χ1n) is 6.71. The van der Waals surface area contributed by atoms with Crippen molar-refractivity contribution in [2.24, 2.45) is 0 Å². The minimum absolute atomic E-state index is 0.652. The molecule has 0 aromatic heterocycles. The first kappa shape index (κ1) is 15.9. The van der Waals surface area contributed by atoms with Crippen LogP contribution in [0.3, 0.4) is 0 Å². The van der Waals surface area contributed by atoms with Crippen molar-refractivity contribution in [2.75, 3.05) is 46.8 Å². The first-order valence-corrected chi connectivity index (χ1v) is 6.71. The molecule has 16 heavy (non-hydrogen) atoms. The molecule has 0 fully saturated rings. The summed E-state index contributed by atoms with van der Waals surface area (Å²) in [5.41, 5.74) is 0. The van der Waals surface area contributed by atoms with Gasteiger partial charge in [-0.15, -0.1) is 0 Å². The average molecular weight is 229 g/mol. The third-order valence-corrected chi connectivity index (χ3v) is 2.95. The highest BCUT2D eigenvalue weighted by molar-refractivity contribution is 4.68. The van der Waals surface area contributed by atoms with Crippen LogP contribution in [0.15, 0.2) is 0 Å². The Bertz CT molecular complexity index is 148. The second-order valence-corrected chi connectivity index (χ2v) is 4.84. The van der Waals surface area contributed by atoms with Gasteiger partial charge in [-0.2, -0.15) is 0 Å². The van der Waals surface area contributed by atoms with E-state index in [9.17, 15) is 0 Å². The maximum Gasteiger partial charge on any atom is 0.0192 e. The van der Waals surface area contributed by atoms with Gasteiger partial charge in [0.05, 0.1) is 0 Å². The number of nitrogens with one attached hydrogen (secondary N) is 1. The highest BCUT2D eigenvalue weighted by Gasteiger charge is 2.10. The minimum atomic E-state index is 0.652. The van der Waals surface area contributed by atoms with E-state index in [1.807, 2.05) is 0 Å². The van der Waals surface area contributed by atoms with Crippen molar-refractivity contribution < 1.29 is 0 Å². The van der Waals surface area contributed by atoms with Gasteiger partial charge >= 0.3 is 0 Å². The van der Waals surface area contributed by atoms with Gasteiger partial charge in [0.2, 0.25) is 0 Å². The van der Waals surface area contributed by atoms with Crippen LogP contribution in [0.1, 0.15) is 33.6 Å². The molecule has 0 aromatic rings. The molecule has 1 unspecified atom stereocenters. The van der Waals surface area contributed by atoms with Crippen molar-refractivity contribution in [1.29, 1.82) is 0 Å². The Morgan fingerprint density at radius 1 is 1.12 bits per heavy atom. The molecule has 0 rings (SSSR count). The quantitative estimate of drug-likeness (QED) is 0.575. The Balaban J connectivity index is 3.69. The fourth-order valence-electron chi connectivity index (χ4n) is 1.90. The number of nitrogens with zero attached hydrogens (tertiary/aromatic N) is 2. The molecule has 3 heteroatoms. The van der Waals surface area contributed by atoms with Gasteiger partial charge in [-0.1, -0.05) is 13.8 Å². The van der Waals surface area contributed by atoms with Gasteiger partial charge < -0.3 is 10.2 Å². The van der Waals surface area contributed by atoms with Crippen LogP contribution >= 0.6 is 0 Å². The molecule has 3 nitrogen and oxygen atoms in total. The summed E-state index contributed by atoms with van der Waals surface area (Å²) in [6.45, 7) is 12.6. The third kappa shape index (κ3) is 8.08. The van der Waals surface area contributed by atoms with E-state index in [2.05, 4.69) is 50.0 Å².